The smallest absolute Gasteiger partial charge is 0.271 e. The summed E-state index contributed by atoms with van der Waals surface area (Å²) >= 11 is 1.47. The maximum absolute atomic E-state index is 11.4. The van der Waals surface area contributed by atoms with Gasteiger partial charge < -0.3 is 15.8 Å². The van der Waals surface area contributed by atoms with Crippen LogP contribution in [0.4, 0.5) is 11.5 Å². The van der Waals surface area contributed by atoms with E-state index in [4.69, 9.17) is 5.73 Å². The SMILES string of the molecule is CSNc1cccc(-c2cnc(NC=O)c(C(N)=O)n2)c1. The number of anilines is 2. The molecule has 0 aliphatic heterocycles. The van der Waals surface area contributed by atoms with Crippen LogP contribution in [0, 0.1) is 0 Å². The van der Waals surface area contributed by atoms with E-state index in [9.17, 15) is 9.59 Å². The molecule has 0 aliphatic carbocycles. The van der Waals surface area contributed by atoms with Crippen molar-refractivity contribution in [2.24, 2.45) is 5.73 Å². The molecule has 0 spiro atoms. The minimum Gasteiger partial charge on any atom is -0.364 e. The molecule has 0 unspecified atom stereocenters. The van der Waals surface area contributed by atoms with Crippen LogP contribution in [0.2, 0.25) is 0 Å². The van der Waals surface area contributed by atoms with Crippen LogP contribution in [0.5, 0.6) is 0 Å². The molecule has 1 aromatic carbocycles. The molecule has 8 heteroatoms. The first-order valence-corrected chi connectivity index (χ1v) is 7.14. The zero-order valence-corrected chi connectivity index (χ0v) is 12.0. The number of amides is 2. The number of carbonyl (C=O) groups excluding carboxylic acids is 2. The number of nitrogens with one attached hydrogen (secondary N) is 2. The van der Waals surface area contributed by atoms with Gasteiger partial charge in [-0.15, -0.1) is 0 Å². The average Bonchev–Trinajstić information content (AvgIpc) is 2.48. The van der Waals surface area contributed by atoms with Crippen LogP contribution in [0.15, 0.2) is 30.5 Å². The van der Waals surface area contributed by atoms with Gasteiger partial charge in [0, 0.05) is 17.5 Å². The summed E-state index contributed by atoms with van der Waals surface area (Å²) in [6, 6.07) is 7.48. The van der Waals surface area contributed by atoms with Crippen LogP contribution in [0.3, 0.4) is 0 Å². The summed E-state index contributed by atoms with van der Waals surface area (Å²) in [5.74, 6) is -0.716. The van der Waals surface area contributed by atoms with E-state index < -0.39 is 5.91 Å². The van der Waals surface area contributed by atoms with Gasteiger partial charge in [0.1, 0.15) is 0 Å². The molecule has 0 radical (unpaired) electrons. The van der Waals surface area contributed by atoms with E-state index in [0.29, 0.717) is 12.1 Å². The highest BCUT2D eigenvalue weighted by Gasteiger charge is 2.13. The van der Waals surface area contributed by atoms with Crippen molar-refractivity contribution in [1.29, 1.82) is 0 Å². The Morgan fingerprint density at radius 1 is 1.43 bits per heavy atom. The maximum Gasteiger partial charge on any atom is 0.271 e. The minimum atomic E-state index is -0.757. The van der Waals surface area contributed by atoms with E-state index in [1.54, 1.807) is 0 Å². The molecule has 21 heavy (non-hydrogen) atoms. The van der Waals surface area contributed by atoms with Crippen LogP contribution < -0.4 is 15.8 Å². The first-order valence-electron chi connectivity index (χ1n) is 5.92. The van der Waals surface area contributed by atoms with Gasteiger partial charge in [0.2, 0.25) is 6.41 Å². The lowest BCUT2D eigenvalue weighted by atomic mass is 10.1. The van der Waals surface area contributed by atoms with Gasteiger partial charge in [0.25, 0.3) is 5.91 Å². The summed E-state index contributed by atoms with van der Waals surface area (Å²) in [7, 11) is 0. The standard InChI is InChI=1S/C13H13N5O2S/c1-21-18-9-4-2-3-8(5-9)10-6-15-13(16-7-19)11(17-10)12(14)20/h2-7,18H,1H3,(H2,14,20)(H,15,16,19). The minimum absolute atomic E-state index is 0.0413. The molecule has 2 aromatic rings. The van der Waals surface area contributed by atoms with Gasteiger partial charge in [0.15, 0.2) is 11.5 Å². The Morgan fingerprint density at radius 3 is 2.90 bits per heavy atom. The van der Waals surface area contributed by atoms with Crippen molar-refractivity contribution in [3.63, 3.8) is 0 Å². The molecule has 7 nitrogen and oxygen atoms in total. The predicted octanol–water partition coefficient (Wildman–Crippen LogP) is 1.50. The number of primary amides is 1. The summed E-state index contributed by atoms with van der Waals surface area (Å²) in [6.45, 7) is 0. The summed E-state index contributed by atoms with van der Waals surface area (Å²) in [5, 5.41) is 2.30. The Labute approximate surface area is 125 Å². The molecule has 4 N–H and O–H groups in total. The highest BCUT2D eigenvalue weighted by molar-refractivity contribution is 7.99. The molecule has 108 valence electrons. The zero-order chi connectivity index (χ0) is 15.2. The summed E-state index contributed by atoms with van der Waals surface area (Å²) in [5.41, 5.74) is 7.35. The Kier molecular flexibility index (Phi) is 4.72. The molecule has 0 aliphatic rings. The molecule has 0 saturated heterocycles. The fourth-order valence-electron chi connectivity index (χ4n) is 1.72. The number of hydrogen-bond donors (Lipinski definition) is 3. The quantitative estimate of drug-likeness (QED) is 0.551. The molecule has 0 bridgehead atoms. The Hall–Kier alpha value is -2.61. The molecule has 0 fully saturated rings. The van der Waals surface area contributed by atoms with Crippen LogP contribution in [0.1, 0.15) is 10.5 Å². The van der Waals surface area contributed by atoms with Crippen LogP contribution in [-0.2, 0) is 4.79 Å². The fourth-order valence-corrected chi connectivity index (χ4v) is 2.08. The zero-order valence-electron chi connectivity index (χ0n) is 11.2. The predicted molar refractivity (Wildman–Crippen MR) is 82.8 cm³/mol. The number of hydrogen-bond acceptors (Lipinski definition) is 6. The van der Waals surface area contributed by atoms with E-state index in [1.807, 2.05) is 30.5 Å². The third-order valence-electron chi connectivity index (χ3n) is 2.58. The second-order valence-electron chi connectivity index (χ2n) is 3.97. The van der Waals surface area contributed by atoms with Gasteiger partial charge in [-0.2, -0.15) is 0 Å². The third-order valence-corrected chi connectivity index (χ3v) is 3.02. The molecule has 1 aromatic heterocycles. The average molecular weight is 303 g/mol. The number of nitrogens with two attached hydrogens (primary N) is 1. The van der Waals surface area contributed by atoms with Crippen molar-refractivity contribution < 1.29 is 9.59 Å². The lowest BCUT2D eigenvalue weighted by molar-refractivity contribution is -0.105. The Bertz CT molecular complexity index is 677. The van der Waals surface area contributed by atoms with Gasteiger partial charge in [-0.05, 0) is 12.1 Å². The Morgan fingerprint density at radius 2 is 2.24 bits per heavy atom. The van der Waals surface area contributed by atoms with Gasteiger partial charge in [0.05, 0.1) is 11.9 Å². The molecule has 2 rings (SSSR count). The van der Waals surface area contributed by atoms with Crippen LogP contribution in [0.25, 0.3) is 11.3 Å². The number of aromatic nitrogens is 2. The van der Waals surface area contributed by atoms with E-state index >= 15 is 0 Å². The maximum atomic E-state index is 11.4. The van der Waals surface area contributed by atoms with E-state index in [0.717, 1.165) is 11.3 Å². The van der Waals surface area contributed by atoms with Crippen molar-refractivity contribution in [2.75, 3.05) is 16.3 Å². The molecule has 2 amide bonds. The molecular formula is C13H13N5O2S. The summed E-state index contributed by atoms with van der Waals surface area (Å²) < 4.78 is 3.10. The monoisotopic (exact) mass is 303 g/mol. The molecule has 0 atom stereocenters. The highest BCUT2D eigenvalue weighted by atomic mass is 32.2. The largest absolute Gasteiger partial charge is 0.364 e. The second kappa shape index (κ2) is 6.71. The van der Waals surface area contributed by atoms with Crippen molar-refractivity contribution >= 4 is 35.8 Å². The van der Waals surface area contributed by atoms with E-state index in [2.05, 4.69) is 20.0 Å². The number of carbonyl (C=O) groups is 2. The first-order chi connectivity index (χ1) is 10.2. The van der Waals surface area contributed by atoms with Crippen molar-refractivity contribution in [3.8, 4) is 11.3 Å². The van der Waals surface area contributed by atoms with E-state index in [-0.39, 0.29) is 11.5 Å². The van der Waals surface area contributed by atoms with Crippen molar-refractivity contribution in [2.45, 2.75) is 0 Å². The number of benzene rings is 1. The van der Waals surface area contributed by atoms with Crippen LogP contribution >= 0.6 is 11.9 Å². The first kappa shape index (κ1) is 14.8. The lowest BCUT2D eigenvalue weighted by Crippen LogP contribution is -2.17. The lowest BCUT2D eigenvalue weighted by Gasteiger charge is -2.08. The van der Waals surface area contributed by atoms with E-state index in [1.165, 1.54) is 18.1 Å². The Balaban J connectivity index is 2.44. The highest BCUT2D eigenvalue weighted by Crippen LogP contribution is 2.23. The third kappa shape index (κ3) is 3.48. The fraction of sp³-hybridized carbons (Fsp3) is 0.0769. The second-order valence-corrected chi connectivity index (χ2v) is 4.58. The van der Waals surface area contributed by atoms with Gasteiger partial charge >= 0.3 is 0 Å². The molecule has 0 saturated carbocycles. The molecule has 1 heterocycles. The van der Waals surface area contributed by atoms with Gasteiger partial charge in [-0.1, -0.05) is 24.1 Å². The topological polar surface area (TPSA) is 110 Å². The van der Waals surface area contributed by atoms with Crippen LogP contribution in [-0.4, -0.2) is 28.5 Å². The van der Waals surface area contributed by atoms with Crippen molar-refractivity contribution in [1.82, 2.24) is 9.97 Å². The summed E-state index contributed by atoms with van der Waals surface area (Å²) in [6.07, 6.45) is 3.80. The van der Waals surface area contributed by atoms with Gasteiger partial charge in [-0.25, -0.2) is 9.97 Å². The normalized spacial score (nSPS) is 9.95. The van der Waals surface area contributed by atoms with Gasteiger partial charge in [-0.3, -0.25) is 9.59 Å². The van der Waals surface area contributed by atoms with Crippen molar-refractivity contribution in [3.05, 3.63) is 36.2 Å². The summed E-state index contributed by atoms with van der Waals surface area (Å²) in [4.78, 5) is 30.1. The molecular weight excluding hydrogens is 290 g/mol. The number of nitrogens with zero attached hydrogens (tertiary/aromatic N) is 2. The number of rotatable bonds is 6.